The molecule has 5 nitrogen and oxygen atoms in total. The molecule has 1 N–H and O–H groups in total. The van der Waals surface area contributed by atoms with Gasteiger partial charge in [-0.25, -0.2) is 4.39 Å². The lowest BCUT2D eigenvalue weighted by Gasteiger charge is -2.26. The number of aryl methyl sites for hydroxylation is 1. The minimum absolute atomic E-state index is 0.0566. The number of amides is 1. The Morgan fingerprint density at radius 2 is 1.66 bits per heavy atom. The second-order valence-corrected chi connectivity index (χ2v) is 7.92. The number of nitrogens with zero attached hydrogens (tertiary/aromatic N) is 1. The van der Waals surface area contributed by atoms with Crippen LogP contribution in [0.2, 0.25) is 0 Å². The van der Waals surface area contributed by atoms with Gasteiger partial charge in [-0.15, -0.1) is 0 Å². The van der Waals surface area contributed by atoms with Crippen LogP contribution in [0, 0.1) is 12.7 Å². The normalized spacial score (nSPS) is 17.7. The van der Waals surface area contributed by atoms with Crippen LogP contribution in [-0.4, -0.2) is 23.9 Å². The van der Waals surface area contributed by atoms with Crippen LogP contribution in [0.5, 0.6) is 5.75 Å². The molecule has 9 heteroatoms. The number of ketones is 1. The summed E-state index contributed by atoms with van der Waals surface area (Å²) in [5, 5.41) is 11.2. The summed E-state index contributed by atoms with van der Waals surface area (Å²) in [7, 11) is 1.46. The van der Waals surface area contributed by atoms with Gasteiger partial charge in [0.1, 0.15) is 17.3 Å². The van der Waals surface area contributed by atoms with Gasteiger partial charge >= 0.3 is 6.18 Å². The first-order chi connectivity index (χ1) is 16.5. The number of rotatable bonds is 4. The van der Waals surface area contributed by atoms with Gasteiger partial charge in [0.25, 0.3) is 11.7 Å². The number of methoxy groups -OCH3 is 1. The van der Waals surface area contributed by atoms with E-state index in [1.807, 2.05) is 0 Å². The third kappa shape index (κ3) is 4.25. The molecule has 0 spiro atoms. The van der Waals surface area contributed by atoms with Crippen LogP contribution in [0.1, 0.15) is 28.3 Å². The van der Waals surface area contributed by atoms with E-state index in [1.165, 1.54) is 31.4 Å². The molecule has 180 valence electrons. The summed E-state index contributed by atoms with van der Waals surface area (Å²) in [5.74, 6) is -2.99. The van der Waals surface area contributed by atoms with Crippen molar-refractivity contribution in [1.82, 2.24) is 0 Å². The van der Waals surface area contributed by atoms with Crippen LogP contribution < -0.4 is 9.64 Å². The van der Waals surface area contributed by atoms with E-state index in [2.05, 4.69) is 0 Å². The summed E-state index contributed by atoms with van der Waals surface area (Å²) in [6.45, 7) is 1.65. The fourth-order valence-corrected chi connectivity index (χ4v) is 4.07. The fourth-order valence-electron chi connectivity index (χ4n) is 4.07. The monoisotopic (exact) mass is 485 g/mol. The summed E-state index contributed by atoms with van der Waals surface area (Å²) in [6.07, 6.45) is -4.61. The summed E-state index contributed by atoms with van der Waals surface area (Å²) in [4.78, 5) is 27.1. The minimum atomic E-state index is -4.61. The molecular formula is C26H19F4NO4. The second kappa shape index (κ2) is 8.90. The van der Waals surface area contributed by atoms with Gasteiger partial charge < -0.3 is 9.84 Å². The molecule has 1 atom stereocenters. The van der Waals surface area contributed by atoms with Gasteiger partial charge in [-0.05, 0) is 61.0 Å². The highest BCUT2D eigenvalue weighted by molar-refractivity contribution is 6.51. The van der Waals surface area contributed by atoms with E-state index in [0.29, 0.717) is 11.3 Å². The van der Waals surface area contributed by atoms with Crippen molar-refractivity contribution < 1.29 is 37.0 Å². The number of carbonyl (C=O) groups is 2. The molecule has 0 aromatic heterocycles. The first-order valence-corrected chi connectivity index (χ1v) is 10.4. The molecule has 1 amide bonds. The molecule has 4 rings (SSSR count). The molecule has 3 aromatic carbocycles. The fraction of sp³-hybridized carbons (Fsp3) is 0.154. The van der Waals surface area contributed by atoms with E-state index in [1.54, 1.807) is 19.1 Å². The summed E-state index contributed by atoms with van der Waals surface area (Å²) in [5.41, 5.74) is -0.743. The number of carbonyl (C=O) groups excluding carboxylic acids is 2. The Balaban J connectivity index is 1.93. The molecular weight excluding hydrogens is 466 g/mol. The van der Waals surface area contributed by atoms with E-state index in [9.17, 15) is 32.3 Å². The molecule has 1 unspecified atom stereocenters. The number of aliphatic hydroxyl groups excluding tert-OH is 1. The van der Waals surface area contributed by atoms with Crippen molar-refractivity contribution in [2.75, 3.05) is 12.0 Å². The van der Waals surface area contributed by atoms with Gasteiger partial charge in [0, 0.05) is 16.8 Å². The smallest absolute Gasteiger partial charge is 0.416 e. The molecule has 0 aliphatic carbocycles. The maximum atomic E-state index is 14.9. The third-order valence-corrected chi connectivity index (χ3v) is 5.81. The third-order valence-electron chi connectivity index (χ3n) is 5.81. The molecule has 1 heterocycles. The molecule has 35 heavy (non-hydrogen) atoms. The Hall–Kier alpha value is -4.14. The van der Waals surface area contributed by atoms with Crippen LogP contribution in [0.4, 0.5) is 23.2 Å². The maximum absolute atomic E-state index is 14.9. The highest BCUT2D eigenvalue weighted by atomic mass is 19.4. The first-order valence-electron chi connectivity index (χ1n) is 10.4. The average molecular weight is 485 g/mol. The summed E-state index contributed by atoms with van der Waals surface area (Å²) < 4.78 is 59.2. The summed E-state index contributed by atoms with van der Waals surface area (Å²) >= 11 is 0. The van der Waals surface area contributed by atoms with E-state index in [4.69, 9.17) is 4.74 Å². The van der Waals surface area contributed by atoms with Crippen molar-refractivity contribution in [3.05, 3.63) is 100 Å². The van der Waals surface area contributed by atoms with Gasteiger partial charge in [0.05, 0.1) is 24.3 Å². The molecule has 0 saturated carbocycles. The number of hydrogen-bond donors (Lipinski definition) is 1. The number of halogens is 4. The van der Waals surface area contributed by atoms with Crippen molar-refractivity contribution in [2.24, 2.45) is 0 Å². The van der Waals surface area contributed by atoms with Crippen molar-refractivity contribution in [3.8, 4) is 5.75 Å². The molecule has 1 aliphatic heterocycles. The van der Waals surface area contributed by atoms with Gasteiger partial charge in [-0.1, -0.05) is 18.2 Å². The largest absolute Gasteiger partial charge is 0.507 e. The van der Waals surface area contributed by atoms with Crippen molar-refractivity contribution >= 4 is 23.1 Å². The van der Waals surface area contributed by atoms with E-state index in [-0.39, 0.29) is 22.4 Å². The Labute approximate surface area is 197 Å². The van der Waals surface area contributed by atoms with Gasteiger partial charge in [0.2, 0.25) is 0 Å². The molecule has 0 radical (unpaired) electrons. The Morgan fingerprint density at radius 1 is 1.00 bits per heavy atom. The predicted molar refractivity (Wildman–Crippen MR) is 120 cm³/mol. The van der Waals surface area contributed by atoms with E-state index >= 15 is 0 Å². The van der Waals surface area contributed by atoms with Gasteiger partial charge in [-0.3, -0.25) is 14.5 Å². The van der Waals surface area contributed by atoms with E-state index in [0.717, 1.165) is 35.2 Å². The van der Waals surface area contributed by atoms with Gasteiger partial charge in [-0.2, -0.15) is 13.2 Å². The standard InChI is InChI=1S/C26H19F4NO4/c1-14-13-17(35-2)11-12-18(14)23(32)21-22(19-5-3-4-6-20(19)27)31(25(34)24(21)33)16-9-7-15(8-10-16)26(28,29)30/h3-13,22,32H,1-2H3/b23-21+. The number of hydrogen-bond acceptors (Lipinski definition) is 4. The lowest BCUT2D eigenvalue weighted by atomic mass is 9.93. The van der Waals surface area contributed by atoms with Gasteiger partial charge in [0.15, 0.2) is 0 Å². The Kier molecular flexibility index (Phi) is 6.10. The van der Waals surface area contributed by atoms with Crippen LogP contribution in [0.25, 0.3) is 5.76 Å². The maximum Gasteiger partial charge on any atom is 0.416 e. The molecule has 3 aromatic rings. The predicted octanol–water partition coefficient (Wildman–Crippen LogP) is 5.79. The van der Waals surface area contributed by atoms with E-state index < -0.39 is 41.0 Å². The van der Waals surface area contributed by atoms with Crippen LogP contribution >= 0.6 is 0 Å². The molecule has 1 aliphatic rings. The zero-order valence-electron chi connectivity index (χ0n) is 18.6. The Bertz CT molecular complexity index is 1350. The minimum Gasteiger partial charge on any atom is -0.507 e. The molecule has 1 fully saturated rings. The average Bonchev–Trinajstić information content (AvgIpc) is 3.08. The zero-order valence-corrected chi connectivity index (χ0v) is 18.6. The van der Waals surface area contributed by atoms with Crippen molar-refractivity contribution in [3.63, 3.8) is 0 Å². The van der Waals surface area contributed by atoms with Crippen molar-refractivity contribution in [2.45, 2.75) is 19.1 Å². The number of aliphatic hydroxyl groups is 1. The highest BCUT2D eigenvalue weighted by Crippen LogP contribution is 2.44. The lowest BCUT2D eigenvalue weighted by molar-refractivity contribution is -0.137. The second-order valence-electron chi connectivity index (χ2n) is 7.92. The molecule has 1 saturated heterocycles. The quantitative estimate of drug-likeness (QED) is 0.220. The summed E-state index contributed by atoms with van der Waals surface area (Å²) in [6, 6.07) is 12.2. The number of anilines is 1. The number of ether oxygens (including phenoxy) is 1. The highest BCUT2D eigenvalue weighted by Gasteiger charge is 2.48. The van der Waals surface area contributed by atoms with Crippen LogP contribution in [-0.2, 0) is 15.8 Å². The number of benzene rings is 3. The SMILES string of the molecule is COc1ccc(/C(O)=C2\C(=O)C(=O)N(c3ccc(C(F)(F)F)cc3)C2c2ccccc2F)c(C)c1. The number of Topliss-reactive ketones (excluding diaryl/α,β-unsaturated/α-hetero) is 1. The topological polar surface area (TPSA) is 66.8 Å². The Morgan fingerprint density at radius 3 is 2.23 bits per heavy atom. The molecule has 0 bridgehead atoms. The first kappa shape index (κ1) is 24.0. The zero-order chi connectivity index (χ0) is 25.5. The number of alkyl halides is 3. The lowest BCUT2D eigenvalue weighted by Crippen LogP contribution is -2.30. The van der Waals surface area contributed by atoms with Crippen LogP contribution in [0.15, 0.2) is 72.3 Å². The van der Waals surface area contributed by atoms with Crippen LogP contribution in [0.3, 0.4) is 0 Å². The van der Waals surface area contributed by atoms with Crippen molar-refractivity contribution in [1.29, 1.82) is 0 Å².